The van der Waals surface area contributed by atoms with Gasteiger partial charge in [0.1, 0.15) is 5.60 Å². The van der Waals surface area contributed by atoms with Crippen LogP contribution in [-0.2, 0) is 15.1 Å². The third-order valence-corrected chi connectivity index (χ3v) is 3.08. The van der Waals surface area contributed by atoms with E-state index in [-0.39, 0.29) is 5.97 Å². The molecule has 0 heterocycles. The van der Waals surface area contributed by atoms with Gasteiger partial charge in [-0.1, -0.05) is 50.8 Å². The lowest BCUT2D eigenvalue weighted by Gasteiger charge is -2.32. The van der Waals surface area contributed by atoms with Gasteiger partial charge in [-0.3, -0.25) is 0 Å². The number of carbonyl (C=O) groups is 1. The maximum atomic E-state index is 11.7. The highest BCUT2D eigenvalue weighted by molar-refractivity contribution is 5.87. The minimum Gasteiger partial charge on any atom is -0.451 e. The van der Waals surface area contributed by atoms with E-state index in [1.165, 1.54) is 0 Å². The largest absolute Gasteiger partial charge is 0.451 e. The summed E-state index contributed by atoms with van der Waals surface area (Å²) in [6, 6.07) is 9.88. The molecular formula is C15H20O2. The van der Waals surface area contributed by atoms with Crippen LogP contribution in [0, 0.1) is 0 Å². The van der Waals surface area contributed by atoms with Gasteiger partial charge in [0.25, 0.3) is 0 Å². The minimum atomic E-state index is -0.530. The maximum absolute atomic E-state index is 11.7. The molecule has 0 fully saturated rings. The Morgan fingerprint density at radius 3 is 2.18 bits per heavy atom. The van der Waals surface area contributed by atoms with Gasteiger partial charge in [-0.2, -0.15) is 0 Å². The van der Waals surface area contributed by atoms with Crippen LogP contribution in [-0.4, -0.2) is 5.97 Å². The van der Waals surface area contributed by atoms with E-state index >= 15 is 0 Å². The molecule has 0 aliphatic rings. The van der Waals surface area contributed by atoms with Crippen LogP contribution in [0.2, 0.25) is 0 Å². The van der Waals surface area contributed by atoms with E-state index in [9.17, 15) is 4.79 Å². The third kappa shape index (κ3) is 2.96. The molecule has 0 aliphatic heterocycles. The summed E-state index contributed by atoms with van der Waals surface area (Å²) in [6.07, 6.45) is 1.51. The van der Waals surface area contributed by atoms with Crippen LogP contribution in [0.15, 0.2) is 42.5 Å². The predicted molar refractivity (Wildman–Crippen MR) is 69.6 cm³/mol. The number of rotatable bonds is 5. The first-order valence-corrected chi connectivity index (χ1v) is 6.00. The van der Waals surface area contributed by atoms with Crippen LogP contribution < -0.4 is 0 Å². The van der Waals surface area contributed by atoms with E-state index < -0.39 is 5.60 Å². The number of hydrogen-bond donors (Lipinski definition) is 0. The first-order valence-electron chi connectivity index (χ1n) is 6.00. The number of esters is 1. The molecule has 0 spiro atoms. The van der Waals surface area contributed by atoms with Crippen LogP contribution in [0.25, 0.3) is 0 Å². The highest BCUT2D eigenvalue weighted by atomic mass is 16.6. The fraction of sp³-hybridized carbons (Fsp3) is 0.400. The second kappa shape index (κ2) is 5.67. The highest BCUT2D eigenvalue weighted by Crippen LogP contribution is 2.33. The van der Waals surface area contributed by atoms with Crippen molar-refractivity contribution in [3.05, 3.63) is 48.0 Å². The smallest absolute Gasteiger partial charge is 0.333 e. The Hall–Kier alpha value is -1.57. The average molecular weight is 232 g/mol. The van der Waals surface area contributed by atoms with Crippen molar-refractivity contribution in [1.82, 2.24) is 0 Å². The molecule has 92 valence electrons. The first kappa shape index (κ1) is 13.5. The zero-order valence-corrected chi connectivity index (χ0v) is 10.8. The van der Waals surface area contributed by atoms with E-state index in [0.29, 0.717) is 5.57 Å². The number of benzene rings is 1. The van der Waals surface area contributed by atoms with Gasteiger partial charge >= 0.3 is 5.97 Å². The zero-order chi connectivity index (χ0) is 12.9. The molecule has 0 aliphatic carbocycles. The lowest BCUT2D eigenvalue weighted by Crippen LogP contribution is -2.31. The molecule has 1 rings (SSSR count). The molecule has 0 aromatic heterocycles. The Labute approximate surface area is 103 Å². The summed E-state index contributed by atoms with van der Waals surface area (Å²) in [5.41, 5.74) is 0.948. The molecule has 0 bridgehead atoms. The Balaban J connectivity index is 3.06. The molecule has 1 aromatic carbocycles. The van der Waals surface area contributed by atoms with Crippen molar-refractivity contribution in [1.29, 1.82) is 0 Å². The molecule has 0 unspecified atom stereocenters. The fourth-order valence-corrected chi connectivity index (χ4v) is 1.87. The Kier molecular flexibility index (Phi) is 4.50. The van der Waals surface area contributed by atoms with Crippen molar-refractivity contribution >= 4 is 5.97 Å². The molecule has 2 heteroatoms. The minimum absolute atomic E-state index is 0.322. The monoisotopic (exact) mass is 232 g/mol. The van der Waals surface area contributed by atoms with Gasteiger partial charge < -0.3 is 4.74 Å². The van der Waals surface area contributed by atoms with E-state index in [0.717, 1.165) is 18.4 Å². The molecule has 1 aromatic rings. The summed E-state index contributed by atoms with van der Waals surface area (Å²) in [5, 5.41) is 0. The van der Waals surface area contributed by atoms with Crippen molar-refractivity contribution in [2.75, 3.05) is 0 Å². The molecule has 2 nitrogen and oxygen atoms in total. The SMILES string of the molecule is C=C(C)C(=O)OC(CC)(CC)c1ccccc1. The van der Waals surface area contributed by atoms with E-state index in [4.69, 9.17) is 4.74 Å². The molecule has 0 saturated heterocycles. The van der Waals surface area contributed by atoms with Gasteiger partial charge in [-0.05, 0) is 25.3 Å². The zero-order valence-electron chi connectivity index (χ0n) is 10.8. The lowest BCUT2D eigenvalue weighted by atomic mass is 9.88. The standard InChI is InChI=1S/C15H20O2/c1-5-15(6-2,17-14(16)12(3)4)13-10-8-7-9-11-13/h7-11H,3,5-6H2,1-2,4H3. The summed E-state index contributed by atoms with van der Waals surface area (Å²) >= 11 is 0. The fourth-order valence-electron chi connectivity index (χ4n) is 1.87. The van der Waals surface area contributed by atoms with Gasteiger partial charge in [0.2, 0.25) is 0 Å². The van der Waals surface area contributed by atoms with Gasteiger partial charge in [0, 0.05) is 5.57 Å². The number of hydrogen-bond acceptors (Lipinski definition) is 2. The van der Waals surface area contributed by atoms with E-state index in [2.05, 4.69) is 6.58 Å². The Morgan fingerprint density at radius 1 is 1.24 bits per heavy atom. The normalized spacial score (nSPS) is 11.0. The second-order valence-corrected chi connectivity index (χ2v) is 4.24. The van der Waals surface area contributed by atoms with Gasteiger partial charge in [-0.25, -0.2) is 4.79 Å². The third-order valence-electron chi connectivity index (χ3n) is 3.08. The second-order valence-electron chi connectivity index (χ2n) is 4.24. The van der Waals surface area contributed by atoms with Crippen LogP contribution >= 0.6 is 0 Å². The molecule has 0 N–H and O–H groups in total. The van der Waals surface area contributed by atoms with Crippen molar-refractivity contribution < 1.29 is 9.53 Å². The Morgan fingerprint density at radius 2 is 1.76 bits per heavy atom. The van der Waals surface area contributed by atoms with E-state index in [1.54, 1.807) is 6.92 Å². The van der Waals surface area contributed by atoms with Gasteiger partial charge in [0.15, 0.2) is 0 Å². The molecule has 17 heavy (non-hydrogen) atoms. The molecular weight excluding hydrogens is 212 g/mol. The molecule has 0 atom stereocenters. The summed E-state index contributed by atoms with van der Waals surface area (Å²) in [7, 11) is 0. The topological polar surface area (TPSA) is 26.3 Å². The summed E-state index contributed by atoms with van der Waals surface area (Å²) in [4.78, 5) is 11.7. The molecule has 0 radical (unpaired) electrons. The maximum Gasteiger partial charge on any atom is 0.333 e. The van der Waals surface area contributed by atoms with Crippen molar-refractivity contribution in [2.45, 2.75) is 39.2 Å². The molecule has 0 saturated carbocycles. The first-order chi connectivity index (χ1) is 8.05. The highest BCUT2D eigenvalue weighted by Gasteiger charge is 2.32. The summed E-state index contributed by atoms with van der Waals surface area (Å²) < 4.78 is 5.65. The van der Waals surface area contributed by atoms with Crippen LogP contribution in [0.5, 0.6) is 0 Å². The predicted octanol–water partition coefficient (Wildman–Crippen LogP) is 3.82. The summed E-state index contributed by atoms with van der Waals surface area (Å²) in [5.74, 6) is -0.322. The quantitative estimate of drug-likeness (QED) is 0.570. The number of ether oxygens (including phenoxy) is 1. The van der Waals surface area contributed by atoms with Crippen molar-refractivity contribution in [3.8, 4) is 0 Å². The lowest BCUT2D eigenvalue weighted by molar-refractivity contribution is -0.157. The summed E-state index contributed by atoms with van der Waals surface area (Å²) in [6.45, 7) is 9.36. The van der Waals surface area contributed by atoms with Gasteiger partial charge in [-0.15, -0.1) is 0 Å². The van der Waals surface area contributed by atoms with E-state index in [1.807, 2.05) is 44.2 Å². The average Bonchev–Trinajstić information content (AvgIpc) is 2.36. The number of carbonyl (C=O) groups excluding carboxylic acids is 1. The van der Waals surface area contributed by atoms with Crippen LogP contribution in [0.1, 0.15) is 39.2 Å². The van der Waals surface area contributed by atoms with Crippen molar-refractivity contribution in [2.24, 2.45) is 0 Å². The van der Waals surface area contributed by atoms with Crippen LogP contribution in [0.4, 0.5) is 0 Å². The van der Waals surface area contributed by atoms with Crippen LogP contribution in [0.3, 0.4) is 0 Å². The van der Waals surface area contributed by atoms with Crippen molar-refractivity contribution in [3.63, 3.8) is 0 Å². The molecule has 0 amide bonds. The van der Waals surface area contributed by atoms with Gasteiger partial charge in [0.05, 0.1) is 0 Å². The Bertz CT molecular complexity index is 389.